The van der Waals surface area contributed by atoms with Gasteiger partial charge < -0.3 is 10.5 Å². The van der Waals surface area contributed by atoms with E-state index >= 15 is 0 Å². The lowest BCUT2D eigenvalue weighted by atomic mass is 10.1. The Hall–Kier alpha value is -1.34. The summed E-state index contributed by atoms with van der Waals surface area (Å²) < 4.78 is 68.5. The molecule has 0 aliphatic heterocycles. The maximum atomic E-state index is 11.4. The van der Waals surface area contributed by atoms with Crippen molar-refractivity contribution < 1.29 is 30.7 Å². The lowest BCUT2D eigenvalue weighted by Crippen LogP contribution is -2.50. The van der Waals surface area contributed by atoms with Gasteiger partial charge in [0.15, 0.2) is 5.76 Å². The van der Waals surface area contributed by atoms with Gasteiger partial charge >= 0.3 is 0 Å². The number of allylic oxidation sites excluding steroid dienone is 1. The molecule has 1 rings (SSSR count). The minimum Gasteiger partial charge on any atom is -0.496 e. The summed E-state index contributed by atoms with van der Waals surface area (Å²) in [5.74, 6) is -0.808. The van der Waals surface area contributed by atoms with Crippen LogP contribution < -0.4 is 5.73 Å². The van der Waals surface area contributed by atoms with Crippen LogP contribution in [0.15, 0.2) is 32.7 Å². The van der Waals surface area contributed by atoms with Gasteiger partial charge in [0.05, 0.1) is 12.8 Å². The van der Waals surface area contributed by atoms with Gasteiger partial charge in [-0.2, -0.15) is 27.1 Å². The predicted molar refractivity (Wildman–Crippen MR) is 67.5 cm³/mol. The zero-order valence-electron chi connectivity index (χ0n) is 10.5. The van der Waals surface area contributed by atoms with Gasteiger partial charge in [0, 0.05) is 13.5 Å². The fraction of sp³-hybridized carbons (Fsp3) is 0.500. The highest BCUT2D eigenvalue weighted by Gasteiger charge is 2.49. The van der Waals surface area contributed by atoms with Crippen molar-refractivity contribution >= 4 is 20.2 Å². The van der Waals surface area contributed by atoms with Crippen LogP contribution in [0.25, 0.3) is 0 Å². The van der Waals surface area contributed by atoms with Gasteiger partial charge in [-0.05, 0) is 6.08 Å². The Bertz CT molecular complexity index is 704. The molecule has 0 amide bonds. The molecule has 0 aromatic carbocycles. The molecule has 1 aliphatic carbocycles. The van der Waals surface area contributed by atoms with Crippen LogP contribution in [-0.4, -0.2) is 45.0 Å². The molecule has 114 valence electrons. The van der Waals surface area contributed by atoms with Crippen molar-refractivity contribution in [1.82, 2.24) is 0 Å². The van der Waals surface area contributed by atoms with Crippen LogP contribution in [0.1, 0.15) is 6.42 Å². The van der Waals surface area contributed by atoms with Crippen LogP contribution in [0, 0.1) is 0 Å². The highest BCUT2D eigenvalue weighted by atomic mass is 32.2. The Kier molecular flexibility index (Phi) is 4.36. The second kappa shape index (κ2) is 5.21. The SMILES string of the molecule is C/N=N/C1=CC(N)(S(=O)(=O)O)C(OC)=C(S(=O)(=O)O)C1. The first-order valence-electron chi connectivity index (χ1n) is 5.00. The van der Waals surface area contributed by atoms with Crippen LogP contribution in [0.5, 0.6) is 0 Å². The number of rotatable bonds is 4. The van der Waals surface area contributed by atoms with Crippen LogP contribution >= 0.6 is 0 Å². The van der Waals surface area contributed by atoms with Gasteiger partial charge in [-0.25, -0.2) is 0 Å². The number of hydrogen-bond donors (Lipinski definition) is 3. The average Bonchev–Trinajstić information content (AvgIpc) is 2.26. The molecule has 0 spiro atoms. The van der Waals surface area contributed by atoms with Crippen molar-refractivity contribution in [3.8, 4) is 0 Å². The molecule has 0 saturated carbocycles. The van der Waals surface area contributed by atoms with Crippen molar-refractivity contribution in [3.05, 3.63) is 22.4 Å². The summed E-state index contributed by atoms with van der Waals surface area (Å²) in [5.41, 5.74) is 5.36. The topological polar surface area (TPSA) is 169 Å². The normalized spacial score (nSPS) is 24.9. The first-order chi connectivity index (χ1) is 8.97. The van der Waals surface area contributed by atoms with E-state index in [0.29, 0.717) is 0 Å². The zero-order valence-corrected chi connectivity index (χ0v) is 12.1. The first kappa shape index (κ1) is 16.7. The van der Waals surface area contributed by atoms with Gasteiger partial charge in [0.2, 0.25) is 4.87 Å². The molecule has 12 heteroatoms. The summed E-state index contributed by atoms with van der Waals surface area (Å²) in [4.78, 5) is -3.50. The van der Waals surface area contributed by atoms with Gasteiger partial charge in [0.1, 0.15) is 4.91 Å². The number of hydrogen-bond acceptors (Lipinski definition) is 8. The van der Waals surface area contributed by atoms with Crippen LogP contribution in [0.3, 0.4) is 0 Å². The summed E-state index contributed by atoms with van der Waals surface area (Å²) in [7, 11) is -7.59. The molecule has 20 heavy (non-hydrogen) atoms. The van der Waals surface area contributed by atoms with Crippen molar-refractivity contribution in [2.24, 2.45) is 16.0 Å². The van der Waals surface area contributed by atoms with Crippen LogP contribution in [0.4, 0.5) is 0 Å². The van der Waals surface area contributed by atoms with E-state index in [9.17, 15) is 21.4 Å². The van der Waals surface area contributed by atoms with E-state index in [2.05, 4.69) is 15.0 Å². The fourth-order valence-electron chi connectivity index (χ4n) is 1.69. The Labute approximate surface area is 115 Å². The molecule has 1 unspecified atom stereocenters. The molecule has 0 heterocycles. The largest absolute Gasteiger partial charge is 0.496 e. The minimum atomic E-state index is -4.99. The van der Waals surface area contributed by atoms with Crippen LogP contribution in [-0.2, 0) is 25.0 Å². The highest BCUT2D eigenvalue weighted by Crippen LogP contribution is 2.37. The standard InChI is InChI=1S/C8H13N3O7S2/c1-10-11-5-3-6(19(12,13)14)7(18-2)8(9,4-5)20(15,16)17/h4H,3,9H2,1-2H3,(H,12,13,14)(H,15,16,17)/b11-10+. The van der Waals surface area contributed by atoms with E-state index in [-0.39, 0.29) is 5.70 Å². The van der Waals surface area contributed by atoms with Crippen molar-refractivity contribution in [2.45, 2.75) is 11.3 Å². The van der Waals surface area contributed by atoms with E-state index in [1.165, 1.54) is 7.05 Å². The second-order valence-corrected chi connectivity index (χ2v) is 6.88. The zero-order chi connectivity index (χ0) is 15.8. The van der Waals surface area contributed by atoms with Crippen molar-refractivity contribution in [1.29, 1.82) is 0 Å². The molecule has 0 aromatic rings. The lowest BCUT2D eigenvalue weighted by molar-refractivity contribution is 0.252. The molecular weight excluding hydrogens is 314 g/mol. The molecular formula is C8H13N3O7S2. The van der Waals surface area contributed by atoms with E-state index in [0.717, 1.165) is 13.2 Å². The molecule has 10 nitrogen and oxygen atoms in total. The molecule has 4 N–H and O–H groups in total. The minimum absolute atomic E-state index is 0.166. The Morgan fingerprint density at radius 1 is 1.35 bits per heavy atom. The Morgan fingerprint density at radius 2 is 1.90 bits per heavy atom. The smallest absolute Gasteiger partial charge is 0.295 e. The van der Waals surface area contributed by atoms with Gasteiger partial charge in [-0.1, -0.05) is 0 Å². The summed E-state index contributed by atoms with van der Waals surface area (Å²) >= 11 is 0. The maximum absolute atomic E-state index is 11.4. The summed E-state index contributed by atoms with van der Waals surface area (Å²) in [6, 6.07) is 0. The van der Waals surface area contributed by atoms with Gasteiger partial charge in [-0.15, -0.1) is 0 Å². The number of nitrogens with two attached hydrogens (primary N) is 1. The number of nitrogens with zero attached hydrogens (tertiary/aromatic N) is 2. The average molecular weight is 327 g/mol. The maximum Gasteiger partial charge on any atom is 0.295 e. The summed E-state index contributed by atoms with van der Waals surface area (Å²) in [6.07, 6.45) is 0.316. The third kappa shape index (κ3) is 2.88. The summed E-state index contributed by atoms with van der Waals surface area (Å²) in [6.45, 7) is 0. The molecule has 0 saturated heterocycles. The first-order valence-corrected chi connectivity index (χ1v) is 7.88. The van der Waals surface area contributed by atoms with E-state index in [1.807, 2.05) is 0 Å². The molecule has 0 radical (unpaired) electrons. The number of azo groups is 1. The fourth-order valence-corrected chi connectivity index (χ4v) is 3.30. The number of ether oxygens (including phenoxy) is 1. The van der Waals surface area contributed by atoms with E-state index in [4.69, 9.17) is 10.3 Å². The Morgan fingerprint density at radius 3 is 2.25 bits per heavy atom. The molecule has 0 fully saturated rings. The molecule has 1 aliphatic rings. The van der Waals surface area contributed by atoms with E-state index in [1.54, 1.807) is 0 Å². The number of methoxy groups -OCH3 is 1. The molecule has 0 bridgehead atoms. The third-order valence-electron chi connectivity index (χ3n) is 2.50. The van der Waals surface area contributed by atoms with Crippen LogP contribution in [0.2, 0.25) is 0 Å². The third-order valence-corrected chi connectivity index (χ3v) is 4.61. The lowest BCUT2D eigenvalue weighted by Gasteiger charge is -2.29. The van der Waals surface area contributed by atoms with Crippen molar-refractivity contribution in [2.75, 3.05) is 14.2 Å². The quantitative estimate of drug-likeness (QED) is 0.464. The Balaban J connectivity index is 3.74. The molecule has 1 atom stereocenters. The monoisotopic (exact) mass is 327 g/mol. The van der Waals surface area contributed by atoms with Crippen molar-refractivity contribution in [3.63, 3.8) is 0 Å². The van der Waals surface area contributed by atoms with E-state index < -0.39 is 42.2 Å². The highest BCUT2D eigenvalue weighted by molar-refractivity contribution is 7.90. The second-order valence-electron chi connectivity index (χ2n) is 3.81. The molecule has 0 aromatic heterocycles. The summed E-state index contributed by atoms with van der Waals surface area (Å²) in [5, 5.41) is 6.85. The van der Waals surface area contributed by atoms with Gasteiger partial charge in [0.25, 0.3) is 20.2 Å². The predicted octanol–water partition coefficient (Wildman–Crippen LogP) is -0.355. The van der Waals surface area contributed by atoms with Gasteiger partial charge in [-0.3, -0.25) is 9.11 Å².